The van der Waals surface area contributed by atoms with E-state index in [-0.39, 0.29) is 5.02 Å². The smallest absolute Gasteiger partial charge is 0.359 e. The van der Waals surface area contributed by atoms with Crippen LogP contribution in [-0.2, 0) is 6.18 Å². The summed E-state index contributed by atoms with van der Waals surface area (Å²) in [4.78, 5) is 7.73. The molecule has 1 aliphatic rings. The van der Waals surface area contributed by atoms with Crippen molar-refractivity contribution in [1.82, 2.24) is 15.2 Å². The Balaban J connectivity index is 2.00. The van der Waals surface area contributed by atoms with Gasteiger partial charge in [-0.2, -0.15) is 13.2 Å². The SMILES string of the molecule is C=CCNC(=S)N1CCN(c2ncc(C(F)(F)F)cc2Cl)CC1. The third kappa shape index (κ3) is 4.48. The van der Waals surface area contributed by atoms with Gasteiger partial charge in [-0.1, -0.05) is 17.7 Å². The number of aromatic nitrogens is 1. The molecule has 0 bridgehead atoms. The molecule has 0 radical (unpaired) electrons. The van der Waals surface area contributed by atoms with Crippen LogP contribution in [0.25, 0.3) is 0 Å². The van der Waals surface area contributed by atoms with E-state index in [0.29, 0.717) is 43.7 Å². The number of alkyl halides is 3. The second kappa shape index (κ2) is 7.35. The molecule has 0 saturated carbocycles. The van der Waals surface area contributed by atoms with Crippen LogP contribution < -0.4 is 10.2 Å². The number of anilines is 1. The van der Waals surface area contributed by atoms with Gasteiger partial charge in [-0.25, -0.2) is 4.98 Å². The van der Waals surface area contributed by atoms with Gasteiger partial charge in [0.15, 0.2) is 5.11 Å². The average molecular weight is 365 g/mol. The topological polar surface area (TPSA) is 31.4 Å². The molecular formula is C14H16ClF3N4S. The Morgan fingerprint density at radius 3 is 2.57 bits per heavy atom. The number of nitrogens with one attached hydrogen (secondary N) is 1. The van der Waals surface area contributed by atoms with E-state index < -0.39 is 11.7 Å². The molecule has 1 aliphatic heterocycles. The Morgan fingerprint density at radius 1 is 1.39 bits per heavy atom. The molecule has 1 aromatic rings. The minimum absolute atomic E-state index is 0.000587. The number of hydrogen-bond acceptors (Lipinski definition) is 3. The van der Waals surface area contributed by atoms with Gasteiger partial charge in [-0.3, -0.25) is 0 Å². The first kappa shape index (κ1) is 17.8. The maximum Gasteiger partial charge on any atom is 0.417 e. The highest BCUT2D eigenvalue weighted by molar-refractivity contribution is 7.80. The van der Waals surface area contributed by atoms with Gasteiger partial charge in [-0.05, 0) is 18.3 Å². The van der Waals surface area contributed by atoms with E-state index in [1.54, 1.807) is 6.08 Å². The van der Waals surface area contributed by atoms with Crippen molar-refractivity contribution in [2.75, 3.05) is 37.6 Å². The predicted molar refractivity (Wildman–Crippen MR) is 88.8 cm³/mol. The van der Waals surface area contributed by atoms with Gasteiger partial charge in [-0.15, -0.1) is 6.58 Å². The van der Waals surface area contributed by atoms with Crippen LogP contribution in [0.3, 0.4) is 0 Å². The molecule has 126 valence electrons. The first-order valence-corrected chi connectivity index (χ1v) is 7.73. The van der Waals surface area contributed by atoms with E-state index in [1.165, 1.54) is 0 Å². The van der Waals surface area contributed by atoms with E-state index in [2.05, 4.69) is 16.9 Å². The standard InChI is InChI=1S/C14H16ClF3N4S/c1-2-3-19-13(23)22-6-4-21(5-7-22)12-11(15)8-10(9-20-12)14(16,17)18/h2,8-9H,1,3-7H2,(H,19,23). The van der Waals surface area contributed by atoms with E-state index in [0.717, 1.165) is 12.3 Å². The van der Waals surface area contributed by atoms with Gasteiger partial charge in [0, 0.05) is 38.9 Å². The molecule has 1 saturated heterocycles. The first-order chi connectivity index (χ1) is 10.8. The fourth-order valence-electron chi connectivity index (χ4n) is 2.21. The summed E-state index contributed by atoms with van der Waals surface area (Å²) in [7, 11) is 0. The first-order valence-electron chi connectivity index (χ1n) is 6.94. The zero-order valence-corrected chi connectivity index (χ0v) is 13.8. The molecule has 1 fully saturated rings. The summed E-state index contributed by atoms with van der Waals surface area (Å²) in [5, 5.41) is 3.68. The fourth-order valence-corrected chi connectivity index (χ4v) is 2.76. The number of piperazine rings is 1. The molecule has 0 unspecified atom stereocenters. The summed E-state index contributed by atoms with van der Waals surface area (Å²) in [6.07, 6.45) is -1.92. The highest BCUT2D eigenvalue weighted by Crippen LogP contribution is 2.33. The third-order valence-corrected chi connectivity index (χ3v) is 4.09. The number of nitrogens with zero attached hydrogens (tertiary/aromatic N) is 3. The quantitative estimate of drug-likeness (QED) is 0.658. The minimum Gasteiger partial charge on any atom is -0.359 e. The molecule has 2 heterocycles. The van der Waals surface area contributed by atoms with Gasteiger partial charge in [0.1, 0.15) is 5.82 Å². The van der Waals surface area contributed by atoms with Crippen molar-refractivity contribution in [1.29, 1.82) is 0 Å². The third-order valence-electron chi connectivity index (χ3n) is 3.41. The van der Waals surface area contributed by atoms with Crippen LogP contribution in [0, 0.1) is 0 Å². The number of hydrogen-bond donors (Lipinski definition) is 1. The van der Waals surface area contributed by atoms with Gasteiger partial charge >= 0.3 is 6.18 Å². The number of thiocarbonyl (C=S) groups is 1. The largest absolute Gasteiger partial charge is 0.417 e. The van der Waals surface area contributed by atoms with Crippen LogP contribution in [0.1, 0.15) is 5.56 Å². The van der Waals surface area contributed by atoms with Gasteiger partial charge in [0.25, 0.3) is 0 Å². The Kier molecular flexibility index (Phi) is 5.69. The van der Waals surface area contributed by atoms with Crippen LogP contribution in [0.5, 0.6) is 0 Å². The number of halogens is 4. The predicted octanol–water partition coefficient (Wildman–Crippen LogP) is 2.94. The van der Waals surface area contributed by atoms with Gasteiger partial charge < -0.3 is 15.1 Å². The van der Waals surface area contributed by atoms with Crippen molar-refractivity contribution in [3.63, 3.8) is 0 Å². The Hall–Kier alpha value is -1.54. The Morgan fingerprint density at radius 2 is 2.04 bits per heavy atom. The maximum absolute atomic E-state index is 12.6. The highest BCUT2D eigenvalue weighted by Gasteiger charge is 2.32. The number of pyridine rings is 1. The van der Waals surface area contributed by atoms with E-state index in [9.17, 15) is 13.2 Å². The van der Waals surface area contributed by atoms with Crippen molar-refractivity contribution >= 4 is 34.7 Å². The lowest BCUT2D eigenvalue weighted by molar-refractivity contribution is -0.137. The summed E-state index contributed by atoms with van der Waals surface area (Å²) in [6.45, 7) is 6.64. The Labute approximate surface area is 142 Å². The molecule has 23 heavy (non-hydrogen) atoms. The van der Waals surface area contributed by atoms with Crippen LogP contribution in [0.4, 0.5) is 19.0 Å². The van der Waals surface area contributed by atoms with Crippen molar-refractivity contribution in [3.05, 3.63) is 35.5 Å². The lowest BCUT2D eigenvalue weighted by Gasteiger charge is -2.37. The Bertz CT molecular complexity index is 586. The normalized spacial score (nSPS) is 15.5. The summed E-state index contributed by atoms with van der Waals surface area (Å²) < 4.78 is 37.9. The second-order valence-corrected chi connectivity index (χ2v) is 5.77. The molecule has 1 N–H and O–H groups in total. The lowest BCUT2D eigenvalue weighted by Crippen LogP contribution is -2.52. The minimum atomic E-state index is -4.45. The van der Waals surface area contributed by atoms with Gasteiger partial charge in [0.2, 0.25) is 0 Å². The summed E-state index contributed by atoms with van der Waals surface area (Å²) in [5.74, 6) is 0.365. The van der Waals surface area contributed by atoms with Crippen molar-refractivity contribution in [3.8, 4) is 0 Å². The van der Waals surface area contributed by atoms with Crippen molar-refractivity contribution in [2.24, 2.45) is 0 Å². The van der Waals surface area contributed by atoms with Crippen LogP contribution in [0.2, 0.25) is 5.02 Å². The van der Waals surface area contributed by atoms with Crippen LogP contribution in [0.15, 0.2) is 24.9 Å². The van der Waals surface area contributed by atoms with Gasteiger partial charge in [0.05, 0.1) is 10.6 Å². The second-order valence-electron chi connectivity index (χ2n) is 4.98. The number of rotatable bonds is 3. The maximum atomic E-state index is 12.6. The zero-order valence-electron chi connectivity index (χ0n) is 12.2. The summed E-state index contributed by atoms with van der Waals surface area (Å²) >= 11 is 11.2. The van der Waals surface area contributed by atoms with Crippen molar-refractivity contribution < 1.29 is 13.2 Å². The fraction of sp³-hybridized carbons (Fsp3) is 0.429. The molecule has 4 nitrogen and oxygen atoms in total. The molecule has 0 spiro atoms. The molecule has 0 atom stereocenters. The molecule has 1 aromatic heterocycles. The summed E-state index contributed by atoms with van der Waals surface area (Å²) in [5.41, 5.74) is -0.848. The molecular weight excluding hydrogens is 349 g/mol. The molecule has 2 rings (SSSR count). The highest BCUT2D eigenvalue weighted by atomic mass is 35.5. The monoisotopic (exact) mass is 364 g/mol. The van der Waals surface area contributed by atoms with Crippen LogP contribution >= 0.6 is 23.8 Å². The molecule has 0 amide bonds. The van der Waals surface area contributed by atoms with E-state index in [4.69, 9.17) is 23.8 Å². The van der Waals surface area contributed by atoms with Crippen LogP contribution in [-0.4, -0.2) is 47.7 Å². The lowest BCUT2D eigenvalue weighted by atomic mass is 10.2. The molecule has 0 aromatic carbocycles. The van der Waals surface area contributed by atoms with E-state index >= 15 is 0 Å². The average Bonchev–Trinajstić information content (AvgIpc) is 2.52. The summed E-state index contributed by atoms with van der Waals surface area (Å²) in [6, 6.07) is 0.909. The molecule has 0 aliphatic carbocycles. The molecule has 9 heteroatoms. The zero-order chi connectivity index (χ0) is 17.0. The van der Waals surface area contributed by atoms with Crippen molar-refractivity contribution in [2.45, 2.75) is 6.18 Å². The van der Waals surface area contributed by atoms with E-state index in [1.807, 2.05) is 9.80 Å².